The van der Waals surface area contributed by atoms with E-state index in [1.165, 1.54) is 18.4 Å². The van der Waals surface area contributed by atoms with E-state index in [2.05, 4.69) is 17.2 Å². The summed E-state index contributed by atoms with van der Waals surface area (Å²) >= 11 is 0. The number of aryl methyl sites for hydroxylation is 2. The van der Waals surface area contributed by atoms with Gasteiger partial charge in [0.1, 0.15) is 30.8 Å². The number of carbonyl (C=O) groups excluding carboxylic acids is 5. The maximum Gasteiger partial charge on any atom is 0.226 e. The number of nitrogens with zero attached hydrogens (tertiary/aromatic N) is 3. The van der Waals surface area contributed by atoms with Crippen molar-refractivity contribution in [3.63, 3.8) is 0 Å². The maximum atomic E-state index is 14.9. The van der Waals surface area contributed by atoms with Crippen LogP contribution in [0.2, 0.25) is 0 Å². The third kappa shape index (κ3) is 14.2. The van der Waals surface area contributed by atoms with E-state index in [4.69, 9.17) is 32.4 Å². The summed E-state index contributed by atoms with van der Waals surface area (Å²) < 4.78 is 12.3. The molecule has 64 heavy (non-hydrogen) atoms. The molecule has 3 aromatic carbocycles. The van der Waals surface area contributed by atoms with E-state index < -0.39 is 41.5 Å². The molecule has 0 unspecified atom stereocenters. The second-order valence-electron chi connectivity index (χ2n) is 16.6. The third-order valence-corrected chi connectivity index (χ3v) is 11.5. The van der Waals surface area contributed by atoms with Gasteiger partial charge in [-0.15, -0.1) is 0 Å². The average Bonchev–Trinajstić information content (AvgIpc) is 3.27. The summed E-state index contributed by atoms with van der Waals surface area (Å²) in [6.07, 6.45) is 5.03. The SMILES string of the molecule is CCCCCCc1ccc(C(=O)C[C@@H](CCN=C(N)N)C(=O)N(C)[C@@H]2C(=O)C[C@@H](C)C(=O)N[C@H](C(=O)CCC#N)Cc3ccc(OCCN)c(c3)-c3cc2ccc3OCCN)c(C)c1. The number of nitrogens with one attached hydrogen (secondary N) is 1. The number of ether oxygens (including phenoxy) is 2. The maximum absolute atomic E-state index is 14.9. The predicted molar refractivity (Wildman–Crippen MR) is 248 cm³/mol. The van der Waals surface area contributed by atoms with Crippen LogP contribution in [-0.4, -0.2) is 86.0 Å². The van der Waals surface area contributed by atoms with Crippen molar-refractivity contribution in [2.45, 2.75) is 103 Å². The molecule has 15 nitrogen and oxygen atoms in total. The minimum atomic E-state index is -1.24. The van der Waals surface area contributed by atoms with Crippen LogP contribution in [0.1, 0.15) is 110 Å². The third-order valence-electron chi connectivity index (χ3n) is 11.5. The highest BCUT2D eigenvalue weighted by molar-refractivity contribution is 6.01. The summed E-state index contributed by atoms with van der Waals surface area (Å²) in [7, 11) is 1.51. The Morgan fingerprint density at radius 3 is 2.27 bits per heavy atom. The number of Topliss-reactive ketones (excluding diaryl/α,β-unsaturated/α-hetero) is 3. The molecule has 15 heteroatoms. The molecular formula is C49H66N8O7. The number of carbonyl (C=O) groups is 5. The highest BCUT2D eigenvalue weighted by Crippen LogP contribution is 2.41. The van der Waals surface area contributed by atoms with Crippen LogP contribution in [0.3, 0.4) is 0 Å². The fraction of sp³-hybridized carbons (Fsp3) is 0.490. The second-order valence-corrected chi connectivity index (χ2v) is 16.6. The Labute approximate surface area is 377 Å². The molecule has 0 radical (unpaired) electrons. The first-order valence-electron chi connectivity index (χ1n) is 22.3. The largest absolute Gasteiger partial charge is 0.492 e. The van der Waals surface area contributed by atoms with Crippen LogP contribution in [0.15, 0.2) is 59.6 Å². The number of guanidine groups is 1. The number of nitrogens with two attached hydrogens (primary N) is 4. The number of likely N-dealkylation sites (N-methyl/N-ethyl adjacent to an activating group) is 1. The van der Waals surface area contributed by atoms with Crippen LogP contribution < -0.4 is 37.7 Å². The first-order valence-corrected chi connectivity index (χ1v) is 22.3. The fourth-order valence-electron chi connectivity index (χ4n) is 8.07. The van der Waals surface area contributed by atoms with E-state index in [-0.39, 0.29) is 88.9 Å². The van der Waals surface area contributed by atoms with Crippen molar-refractivity contribution in [3.8, 4) is 28.7 Å². The molecule has 0 saturated heterocycles. The molecule has 3 aromatic rings. The lowest BCUT2D eigenvalue weighted by atomic mass is 9.87. The van der Waals surface area contributed by atoms with E-state index in [1.807, 2.05) is 37.3 Å². The van der Waals surface area contributed by atoms with Gasteiger partial charge in [0.2, 0.25) is 11.8 Å². The summed E-state index contributed by atoms with van der Waals surface area (Å²) in [5.41, 5.74) is 27.7. The van der Waals surface area contributed by atoms with Crippen LogP contribution in [0.5, 0.6) is 11.5 Å². The van der Waals surface area contributed by atoms with E-state index in [0.717, 1.165) is 36.8 Å². The Kier molecular flexibility index (Phi) is 19.9. The van der Waals surface area contributed by atoms with Crippen molar-refractivity contribution in [1.29, 1.82) is 5.26 Å². The molecule has 1 aliphatic heterocycles. The van der Waals surface area contributed by atoms with Crippen LogP contribution in [-0.2, 0) is 32.0 Å². The first kappa shape index (κ1) is 50.5. The molecule has 4 rings (SSSR count). The lowest BCUT2D eigenvalue weighted by molar-refractivity contribution is -0.142. The Bertz CT molecular complexity index is 2180. The minimum Gasteiger partial charge on any atom is -0.492 e. The van der Waals surface area contributed by atoms with E-state index >= 15 is 0 Å². The van der Waals surface area contributed by atoms with Crippen LogP contribution in [0, 0.1) is 30.1 Å². The molecule has 4 bridgehead atoms. The molecule has 344 valence electrons. The Balaban J connectivity index is 1.84. The van der Waals surface area contributed by atoms with Gasteiger partial charge < -0.3 is 42.6 Å². The quantitative estimate of drug-likeness (QED) is 0.0386. The Hall–Kier alpha value is -6.11. The molecule has 2 amide bonds. The minimum absolute atomic E-state index is 0.0311. The predicted octanol–water partition coefficient (Wildman–Crippen LogP) is 5.02. The van der Waals surface area contributed by atoms with Gasteiger partial charge in [-0.1, -0.05) is 63.4 Å². The van der Waals surface area contributed by atoms with Gasteiger partial charge >= 0.3 is 0 Å². The van der Waals surface area contributed by atoms with Crippen molar-refractivity contribution >= 4 is 35.1 Å². The molecule has 0 spiro atoms. The van der Waals surface area contributed by atoms with Gasteiger partial charge in [0, 0.05) is 80.9 Å². The van der Waals surface area contributed by atoms with Gasteiger partial charge in [-0.25, -0.2) is 0 Å². The number of unbranched alkanes of at least 4 members (excludes halogenated alkanes) is 3. The Morgan fingerprint density at radius 2 is 1.62 bits per heavy atom. The average molecular weight is 879 g/mol. The number of amides is 2. The molecule has 0 aromatic heterocycles. The molecule has 0 aliphatic carbocycles. The van der Waals surface area contributed by atoms with Crippen LogP contribution in [0.25, 0.3) is 11.1 Å². The van der Waals surface area contributed by atoms with E-state index in [0.29, 0.717) is 39.3 Å². The number of fused-ring (bicyclic) bond motifs is 5. The van der Waals surface area contributed by atoms with Crippen molar-refractivity contribution in [1.82, 2.24) is 10.2 Å². The highest BCUT2D eigenvalue weighted by Gasteiger charge is 2.36. The molecule has 1 heterocycles. The highest BCUT2D eigenvalue weighted by atomic mass is 16.5. The van der Waals surface area contributed by atoms with Crippen molar-refractivity contribution < 1.29 is 33.4 Å². The van der Waals surface area contributed by atoms with Gasteiger partial charge in [-0.05, 0) is 79.1 Å². The molecule has 9 N–H and O–H groups in total. The zero-order valence-electron chi connectivity index (χ0n) is 37.8. The zero-order valence-corrected chi connectivity index (χ0v) is 37.8. The molecular weight excluding hydrogens is 813 g/mol. The lowest BCUT2D eigenvalue weighted by Crippen LogP contribution is -2.45. The van der Waals surface area contributed by atoms with Gasteiger partial charge in [0.05, 0.1) is 12.1 Å². The van der Waals surface area contributed by atoms with Crippen LogP contribution >= 0.6 is 0 Å². The van der Waals surface area contributed by atoms with Crippen molar-refractivity contribution in [3.05, 3.63) is 82.4 Å². The number of ketones is 3. The number of benzene rings is 3. The fourth-order valence-corrected chi connectivity index (χ4v) is 8.07. The first-order chi connectivity index (χ1) is 30.7. The van der Waals surface area contributed by atoms with E-state index in [9.17, 15) is 29.2 Å². The second kappa shape index (κ2) is 25.3. The van der Waals surface area contributed by atoms with Gasteiger partial charge in [0.15, 0.2) is 23.3 Å². The summed E-state index contributed by atoms with van der Waals surface area (Å²) in [5, 5.41) is 12.1. The molecule has 0 fully saturated rings. The van der Waals surface area contributed by atoms with Gasteiger partial charge in [-0.3, -0.25) is 29.0 Å². The topological polar surface area (TPSA) is 259 Å². The summed E-state index contributed by atoms with van der Waals surface area (Å²) in [6, 6.07) is 16.1. The Morgan fingerprint density at radius 1 is 0.938 bits per heavy atom. The van der Waals surface area contributed by atoms with Gasteiger partial charge in [-0.2, -0.15) is 5.26 Å². The summed E-state index contributed by atoms with van der Waals surface area (Å²) in [6.45, 7) is 6.47. The standard InChI is InChI=1S/C49H66N8O7/c1-5-6-7-8-10-33-12-15-37(31(2)25-33)42(59)30-36(18-22-55-49(53)54)48(62)57(4)46-35-14-17-45(64-24-21-52)39(29-35)38-27-34(13-16-44(38)63-23-20-51)28-40(41(58)11-9-19-50)56-47(61)32(3)26-43(46)60/h12-17,25,27,29,32,36,40,46H,5-11,18,20-24,26,28,30,51-52H2,1-4H3,(H,56,61)(H4,53,54,55)/t32-,36-,40+,46+/m1/s1. The number of nitriles is 1. The normalized spacial score (nSPS) is 16.7. The summed E-state index contributed by atoms with van der Waals surface area (Å²) in [5.74, 6) is -3.23. The van der Waals surface area contributed by atoms with Crippen molar-refractivity contribution in [2.75, 3.05) is 39.9 Å². The molecule has 0 saturated carbocycles. The number of hydrogen-bond acceptors (Lipinski definition) is 11. The number of rotatable bonds is 22. The monoisotopic (exact) mass is 879 g/mol. The van der Waals surface area contributed by atoms with E-state index in [1.54, 1.807) is 37.3 Å². The summed E-state index contributed by atoms with van der Waals surface area (Å²) in [4.78, 5) is 76.5. The number of hydrogen-bond donors (Lipinski definition) is 5. The smallest absolute Gasteiger partial charge is 0.226 e. The number of aliphatic imine (C=N–C) groups is 1. The lowest BCUT2D eigenvalue weighted by Gasteiger charge is -2.32. The molecule has 1 aliphatic rings. The zero-order chi connectivity index (χ0) is 46.8. The van der Waals surface area contributed by atoms with Crippen molar-refractivity contribution in [2.24, 2.45) is 39.8 Å². The van der Waals surface area contributed by atoms with Gasteiger partial charge in [0.25, 0.3) is 0 Å². The van der Waals surface area contributed by atoms with Crippen LogP contribution in [0.4, 0.5) is 0 Å². The molecule has 4 atom stereocenters.